The first-order valence-electron chi connectivity index (χ1n) is 6.18. The van der Waals surface area contributed by atoms with Crippen LogP contribution in [0.1, 0.15) is 5.56 Å². The summed E-state index contributed by atoms with van der Waals surface area (Å²) in [5, 5.41) is 9.79. The highest BCUT2D eigenvalue weighted by Crippen LogP contribution is 2.27. The molecule has 0 unspecified atom stereocenters. The van der Waals surface area contributed by atoms with Crippen LogP contribution in [0.3, 0.4) is 0 Å². The summed E-state index contributed by atoms with van der Waals surface area (Å²) in [6, 6.07) is 0.235. The predicted molar refractivity (Wildman–Crippen MR) is 76.9 cm³/mol. The predicted octanol–water partition coefficient (Wildman–Crippen LogP) is 0.448. The van der Waals surface area contributed by atoms with Crippen molar-refractivity contribution in [3.8, 4) is 0 Å². The summed E-state index contributed by atoms with van der Waals surface area (Å²) in [4.78, 5) is 13.6. The highest BCUT2D eigenvalue weighted by atomic mass is 32.2. The highest BCUT2D eigenvalue weighted by molar-refractivity contribution is 7.98. The maximum absolute atomic E-state index is 9.79. The zero-order chi connectivity index (χ0) is 13.4. The van der Waals surface area contributed by atoms with Crippen molar-refractivity contribution in [2.75, 3.05) is 24.3 Å². The molecule has 2 aromatic heterocycles. The molecular weight excluding hydrogens is 262 g/mol. The molecule has 19 heavy (non-hydrogen) atoms. The molecule has 102 valence electrons. The number of aromatic amines is 1. The van der Waals surface area contributed by atoms with Gasteiger partial charge in [0.1, 0.15) is 11.8 Å². The van der Waals surface area contributed by atoms with Gasteiger partial charge in [0, 0.05) is 36.6 Å². The molecule has 0 saturated carbocycles. The largest absolute Gasteiger partial charge is 0.390 e. The molecule has 0 amide bonds. The third kappa shape index (κ3) is 2.18. The van der Waals surface area contributed by atoms with Crippen molar-refractivity contribution in [3.05, 3.63) is 18.1 Å². The van der Waals surface area contributed by atoms with Crippen LogP contribution in [-0.4, -0.2) is 55.7 Å². The molecule has 0 spiro atoms. The molecule has 0 aliphatic carbocycles. The second-order valence-corrected chi connectivity index (χ2v) is 5.73. The topological polar surface area (TPSA) is 91.1 Å². The van der Waals surface area contributed by atoms with Gasteiger partial charge < -0.3 is 15.8 Å². The van der Waals surface area contributed by atoms with E-state index in [2.05, 4.69) is 26.1 Å². The van der Waals surface area contributed by atoms with Crippen LogP contribution in [0.15, 0.2) is 12.5 Å². The molecular formula is C12H17N5OS. The Morgan fingerprint density at radius 3 is 3.16 bits per heavy atom. The number of aliphatic hydroxyl groups is 1. The van der Waals surface area contributed by atoms with Gasteiger partial charge in [-0.05, 0) is 6.26 Å². The smallest absolute Gasteiger partial charge is 0.151 e. The van der Waals surface area contributed by atoms with Crippen molar-refractivity contribution < 1.29 is 5.11 Å². The molecule has 1 aliphatic rings. The number of aliphatic hydroxyl groups excluding tert-OH is 1. The van der Waals surface area contributed by atoms with E-state index in [1.165, 1.54) is 6.33 Å². The van der Waals surface area contributed by atoms with Gasteiger partial charge >= 0.3 is 0 Å². The van der Waals surface area contributed by atoms with Crippen molar-refractivity contribution in [1.82, 2.24) is 19.9 Å². The number of nitrogen functional groups attached to an aromatic ring is 1. The molecule has 0 aromatic carbocycles. The Hall–Kier alpha value is -1.31. The lowest BCUT2D eigenvalue weighted by atomic mass is 10.0. The van der Waals surface area contributed by atoms with E-state index < -0.39 is 0 Å². The fraction of sp³-hybridized carbons (Fsp3) is 0.500. The minimum absolute atomic E-state index is 0.211. The number of anilines is 1. The van der Waals surface area contributed by atoms with Crippen molar-refractivity contribution >= 4 is 28.6 Å². The number of thioether (sulfide) groups is 1. The highest BCUT2D eigenvalue weighted by Gasteiger charge is 2.37. The number of fused-ring (bicyclic) bond motifs is 1. The SMILES string of the molecule is CSC[C@@H]1[C@H](O)CN1Cc1c[nH]c2c(N)ncnc12. The normalized spacial score (nSPS) is 23.7. The van der Waals surface area contributed by atoms with Gasteiger partial charge in [-0.1, -0.05) is 0 Å². The number of H-pyrrole nitrogens is 1. The molecule has 2 atom stereocenters. The minimum atomic E-state index is -0.211. The van der Waals surface area contributed by atoms with Crippen LogP contribution in [0.4, 0.5) is 5.82 Å². The Labute approximate surface area is 115 Å². The van der Waals surface area contributed by atoms with Gasteiger partial charge in [-0.2, -0.15) is 11.8 Å². The number of aromatic nitrogens is 3. The zero-order valence-corrected chi connectivity index (χ0v) is 11.5. The maximum atomic E-state index is 9.79. The summed E-state index contributed by atoms with van der Waals surface area (Å²) in [5.74, 6) is 1.42. The molecule has 7 heteroatoms. The number of β-amino-alcohol motifs (C(OH)–C–C–N with tert-alkyl or cyclic N) is 1. The molecule has 2 aromatic rings. The lowest BCUT2D eigenvalue weighted by Gasteiger charge is -2.45. The number of rotatable bonds is 4. The molecule has 1 aliphatic heterocycles. The molecule has 0 bridgehead atoms. The number of nitrogens with one attached hydrogen (secondary N) is 1. The molecule has 0 radical (unpaired) electrons. The molecule has 1 saturated heterocycles. The Balaban J connectivity index is 1.81. The van der Waals surface area contributed by atoms with Crippen LogP contribution in [0.5, 0.6) is 0 Å². The van der Waals surface area contributed by atoms with Crippen molar-refractivity contribution in [2.24, 2.45) is 0 Å². The Bertz CT molecular complexity index is 587. The van der Waals surface area contributed by atoms with Gasteiger partial charge in [-0.25, -0.2) is 9.97 Å². The first kappa shape index (κ1) is 12.7. The Morgan fingerprint density at radius 2 is 2.42 bits per heavy atom. The Kier molecular flexibility index (Phi) is 3.34. The van der Waals surface area contributed by atoms with E-state index >= 15 is 0 Å². The van der Waals surface area contributed by atoms with Crippen LogP contribution in [-0.2, 0) is 6.54 Å². The standard InChI is InChI=1S/C12H17N5OS/c1-19-5-8-9(18)4-17(8)3-7-2-14-11-10(7)15-6-16-12(11)13/h2,6,8-9,14,18H,3-5H2,1H3,(H2,13,15,16)/t8-,9-/m1/s1. The quantitative estimate of drug-likeness (QED) is 0.752. The van der Waals surface area contributed by atoms with E-state index in [0.717, 1.165) is 35.4 Å². The summed E-state index contributed by atoms with van der Waals surface area (Å²) < 4.78 is 0. The number of hydrogen-bond acceptors (Lipinski definition) is 6. The lowest BCUT2D eigenvalue weighted by molar-refractivity contribution is -0.0544. The van der Waals surface area contributed by atoms with E-state index in [0.29, 0.717) is 5.82 Å². The van der Waals surface area contributed by atoms with E-state index in [1.807, 2.05) is 6.20 Å². The van der Waals surface area contributed by atoms with Gasteiger partial charge in [0.2, 0.25) is 0 Å². The summed E-state index contributed by atoms with van der Waals surface area (Å²) in [6.45, 7) is 1.50. The summed E-state index contributed by atoms with van der Waals surface area (Å²) in [6.07, 6.45) is 5.26. The van der Waals surface area contributed by atoms with Gasteiger partial charge in [0.15, 0.2) is 5.82 Å². The summed E-state index contributed by atoms with van der Waals surface area (Å²) >= 11 is 1.76. The summed E-state index contributed by atoms with van der Waals surface area (Å²) in [5.41, 5.74) is 8.57. The van der Waals surface area contributed by atoms with E-state index in [9.17, 15) is 5.11 Å². The minimum Gasteiger partial charge on any atom is -0.390 e. The molecule has 1 fully saturated rings. The van der Waals surface area contributed by atoms with E-state index in [4.69, 9.17) is 5.73 Å². The first-order valence-corrected chi connectivity index (χ1v) is 7.57. The third-order valence-electron chi connectivity index (χ3n) is 3.62. The summed E-state index contributed by atoms with van der Waals surface area (Å²) in [7, 11) is 0. The van der Waals surface area contributed by atoms with E-state index in [-0.39, 0.29) is 12.1 Å². The average molecular weight is 279 g/mol. The van der Waals surface area contributed by atoms with Gasteiger partial charge in [0.05, 0.1) is 11.6 Å². The van der Waals surface area contributed by atoms with Gasteiger partial charge in [-0.3, -0.25) is 4.90 Å². The van der Waals surface area contributed by atoms with Crippen LogP contribution in [0, 0.1) is 0 Å². The number of hydrogen-bond donors (Lipinski definition) is 3. The van der Waals surface area contributed by atoms with Crippen molar-refractivity contribution in [3.63, 3.8) is 0 Å². The third-order valence-corrected chi connectivity index (χ3v) is 4.29. The average Bonchev–Trinajstić information content (AvgIpc) is 2.80. The first-order chi connectivity index (χ1) is 9.20. The lowest BCUT2D eigenvalue weighted by Crippen LogP contribution is -2.60. The molecule has 4 N–H and O–H groups in total. The van der Waals surface area contributed by atoms with Crippen LogP contribution >= 0.6 is 11.8 Å². The second kappa shape index (κ2) is 4.99. The Morgan fingerprint density at radius 1 is 1.58 bits per heavy atom. The second-order valence-electron chi connectivity index (χ2n) is 4.82. The van der Waals surface area contributed by atoms with E-state index in [1.54, 1.807) is 11.8 Å². The maximum Gasteiger partial charge on any atom is 0.151 e. The fourth-order valence-electron chi connectivity index (χ4n) is 2.52. The number of likely N-dealkylation sites (tertiary alicyclic amines) is 1. The monoisotopic (exact) mass is 279 g/mol. The molecule has 3 rings (SSSR count). The zero-order valence-electron chi connectivity index (χ0n) is 10.7. The van der Waals surface area contributed by atoms with Crippen LogP contribution < -0.4 is 5.73 Å². The van der Waals surface area contributed by atoms with Crippen molar-refractivity contribution in [1.29, 1.82) is 0 Å². The van der Waals surface area contributed by atoms with Crippen LogP contribution in [0.2, 0.25) is 0 Å². The van der Waals surface area contributed by atoms with Gasteiger partial charge in [-0.15, -0.1) is 0 Å². The molecule has 6 nitrogen and oxygen atoms in total. The van der Waals surface area contributed by atoms with Crippen LogP contribution in [0.25, 0.3) is 11.0 Å². The molecule has 3 heterocycles. The van der Waals surface area contributed by atoms with Gasteiger partial charge in [0.25, 0.3) is 0 Å². The fourth-order valence-corrected chi connectivity index (χ4v) is 3.30. The number of nitrogens with two attached hydrogens (primary N) is 1. The van der Waals surface area contributed by atoms with Crippen molar-refractivity contribution in [2.45, 2.75) is 18.7 Å². The number of nitrogens with zero attached hydrogens (tertiary/aromatic N) is 3.